The molecule has 0 saturated carbocycles. The van der Waals surface area contributed by atoms with Crippen LogP contribution in [0.15, 0.2) is 35.8 Å². The minimum absolute atomic E-state index is 0.0620. The molecule has 0 radical (unpaired) electrons. The Balaban J connectivity index is 2.47. The Hall–Kier alpha value is -3.41. The van der Waals surface area contributed by atoms with Gasteiger partial charge in [0.2, 0.25) is 5.54 Å². The lowest BCUT2D eigenvalue weighted by atomic mass is 9.96. The second-order valence-electron chi connectivity index (χ2n) is 3.81. The highest BCUT2D eigenvalue weighted by molar-refractivity contribution is 5.94. The molecule has 0 spiro atoms. The van der Waals surface area contributed by atoms with Crippen molar-refractivity contribution in [3.63, 3.8) is 0 Å². The van der Waals surface area contributed by atoms with Crippen LogP contribution in [0.4, 0.5) is 0 Å². The van der Waals surface area contributed by atoms with Crippen molar-refractivity contribution in [2.24, 2.45) is 5.73 Å². The first-order valence-corrected chi connectivity index (χ1v) is 5.35. The lowest BCUT2D eigenvalue weighted by molar-refractivity contribution is 0.0730. The molecule has 2 heterocycles. The minimum atomic E-state index is -1.97. The molecule has 1 aliphatic heterocycles. The highest BCUT2D eigenvalue weighted by Crippen LogP contribution is 2.26. The molecule has 1 aromatic rings. The summed E-state index contributed by atoms with van der Waals surface area (Å²) >= 11 is 0. The Morgan fingerprint density at radius 2 is 2.05 bits per heavy atom. The molecule has 0 bridgehead atoms. The van der Waals surface area contributed by atoms with Gasteiger partial charge in [-0.1, -0.05) is 6.07 Å². The second-order valence-corrected chi connectivity index (χ2v) is 3.81. The largest absolute Gasteiger partial charge is 0.383 e. The molecule has 0 atom stereocenters. The van der Waals surface area contributed by atoms with Crippen molar-refractivity contribution in [2.45, 2.75) is 5.54 Å². The molecule has 0 saturated heterocycles. The summed E-state index contributed by atoms with van der Waals surface area (Å²) in [6.45, 7) is 0. The van der Waals surface area contributed by atoms with Gasteiger partial charge in [0.05, 0.1) is 0 Å². The molecular weight excluding hydrogens is 258 g/mol. The van der Waals surface area contributed by atoms with Crippen molar-refractivity contribution in [1.29, 1.82) is 15.8 Å². The number of aromatic nitrogens is 1. The predicted molar refractivity (Wildman–Crippen MR) is 64.3 cm³/mol. The first-order valence-electron chi connectivity index (χ1n) is 5.35. The molecule has 0 fully saturated rings. The van der Waals surface area contributed by atoms with E-state index < -0.39 is 11.4 Å². The van der Waals surface area contributed by atoms with Crippen LogP contribution >= 0.6 is 0 Å². The summed E-state index contributed by atoms with van der Waals surface area (Å²) in [5.41, 5.74) is 5.80. The molecule has 8 nitrogen and oxygen atoms in total. The van der Waals surface area contributed by atoms with Gasteiger partial charge in [0.1, 0.15) is 35.3 Å². The molecule has 0 unspecified atom stereocenters. The molecule has 0 aliphatic carbocycles. The topological polar surface area (TPSA) is 143 Å². The number of pyridine rings is 1. The number of nitrogens with one attached hydrogen (secondary N) is 1. The van der Waals surface area contributed by atoms with Crippen LogP contribution in [-0.2, 0) is 0 Å². The average Bonchev–Trinajstić information content (AvgIpc) is 2.80. The van der Waals surface area contributed by atoms with Gasteiger partial charge < -0.3 is 5.73 Å². The van der Waals surface area contributed by atoms with Gasteiger partial charge in [0.25, 0.3) is 5.91 Å². The maximum atomic E-state index is 12.2. The van der Waals surface area contributed by atoms with E-state index in [0.29, 0.717) is 0 Å². The third-order valence-corrected chi connectivity index (χ3v) is 2.69. The summed E-state index contributed by atoms with van der Waals surface area (Å²) in [6, 6.07) is 9.65. The summed E-state index contributed by atoms with van der Waals surface area (Å²) in [6.07, 6.45) is 1.41. The Labute approximate surface area is 113 Å². The molecule has 0 aromatic carbocycles. The zero-order chi connectivity index (χ0) is 14.8. The SMILES string of the molecule is N#CC1=C(N)N(C(=O)c2ccccn2)NC1(C#N)C#N. The van der Waals surface area contributed by atoms with E-state index in [4.69, 9.17) is 21.5 Å². The van der Waals surface area contributed by atoms with Crippen molar-refractivity contribution >= 4 is 5.91 Å². The normalized spacial score (nSPS) is 16.1. The Kier molecular flexibility index (Phi) is 3.06. The van der Waals surface area contributed by atoms with Crippen LogP contribution in [0, 0.1) is 34.0 Å². The fraction of sp³-hybridized carbons (Fsp3) is 0.0833. The number of rotatable bonds is 1. The van der Waals surface area contributed by atoms with E-state index in [1.165, 1.54) is 12.3 Å². The molecule has 1 aromatic heterocycles. The summed E-state index contributed by atoms with van der Waals surface area (Å²) < 4.78 is 0. The zero-order valence-corrected chi connectivity index (χ0v) is 10.0. The Bertz CT molecular complexity index is 703. The van der Waals surface area contributed by atoms with Gasteiger partial charge in [-0.2, -0.15) is 21.2 Å². The number of carbonyl (C=O) groups excluding carboxylic acids is 1. The van der Waals surface area contributed by atoms with Crippen LogP contribution in [0.2, 0.25) is 0 Å². The highest BCUT2D eigenvalue weighted by atomic mass is 16.2. The van der Waals surface area contributed by atoms with Crippen LogP contribution in [0.3, 0.4) is 0 Å². The van der Waals surface area contributed by atoms with Crippen LogP contribution in [-0.4, -0.2) is 21.4 Å². The molecule has 1 aliphatic rings. The summed E-state index contributed by atoms with van der Waals surface area (Å²) in [7, 11) is 0. The number of nitrogens with two attached hydrogens (primary N) is 1. The van der Waals surface area contributed by atoms with E-state index in [0.717, 1.165) is 5.01 Å². The molecule has 2 rings (SSSR count). The number of nitriles is 3. The van der Waals surface area contributed by atoms with Crippen LogP contribution in [0.1, 0.15) is 10.5 Å². The number of carbonyl (C=O) groups is 1. The van der Waals surface area contributed by atoms with Crippen LogP contribution in [0.5, 0.6) is 0 Å². The summed E-state index contributed by atoms with van der Waals surface area (Å²) in [5.74, 6) is -0.950. The van der Waals surface area contributed by atoms with E-state index in [1.807, 2.05) is 0 Å². The van der Waals surface area contributed by atoms with Crippen molar-refractivity contribution in [3.05, 3.63) is 41.5 Å². The summed E-state index contributed by atoms with van der Waals surface area (Å²) in [4.78, 5) is 16.0. The average molecular weight is 265 g/mol. The smallest absolute Gasteiger partial charge is 0.292 e. The molecular formula is C12H7N7O. The highest BCUT2D eigenvalue weighted by Gasteiger charge is 2.48. The fourth-order valence-electron chi connectivity index (χ4n) is 1.68. The van der Waals surface area contributed by atoms with Gasteiger partial charge >= 0.3 is 0 Å². The third kappa shape index (κ3) is 1.72. The van der Waals surface area contributed by atoms with E-state index in [-0.39, 0.29) is 17.1 Å². The number of nitrogens with zero attached hydrogens (tertiary/aromatic N) is 5. The lowest BCUT2D eigenvalue weighted by Crippen LogP contribution is -2.49. The van der Waals surface area contributed by atoms with Crippen molar-refractivity contribution < 1.29 is 4.79 Å². The number of amides is 1. The first kappa shape index (κ1) is 13.0. The molecule has 96 valence electrons. The quantitative estimate of drug-likeness (QED) is 0.698. The number of hydrogen-bond acceptors (Lipinski definition) is 7. The van der Waals surface area contributed by atoms with Gasteiger partial charge in [0, 0.05) is 6.20 Å². The maximum Gasteiger partial charge on any atom is 0.292 e. The predicted octanol–water partition coefficient (Wildman–Crippen LogP) is -0.478. The lowest BCUT2D eigenvalue weighted by Gasteiger charge is -2.19. The van der Waals surface area contributed by atoms with Crippen molar-refractivity contribution in [1.82, 2.24) is 15.4 Å². The first-order chi connectivity index (χ1) is 9.59. The third-order valence-electron chi connectivity index (χ3n) is 2.69. The molecule has 8 heteroatoms. The van der Waals surface area contributed by atoms with Gasteiger partial charge in [-0.25, -0.2) is 5.01 Å². The van der Waals surface area contributed by atoms with Gasteiger partial charge in [0.15, 0.2) is 0 Å². The van der Waals surface area contributed by atoms with E-state index in [2.05, 4.69) is 10.4 Å². The fourth-order valence-corrected chi connectivity index (χ4v) is 1.68. The van der Waals surface area contributed by atoms with E-state index in [1.54, 1.807) is 30.3 Å². The number of hydrogen-bond donors (Lipinski definition) is 2. The standard InChI is InChI=1S/C12H7N7O/c13-5-8-10(16)19(18-12(8,6-14)7-15)11(20)9-3-1-2-4-17-9/h1-4,18H,16H2. The van der Waals surface area contributed by atoms with E-state index >= 15 is 0 Å². The summed E-state index contributed by atoms with van der Waals surface area (Å²) in [5, 5.41) is 28.0. The maximum absolute atomic E-state index is 12.2. The Morgan fingerprint density at radius 3 is 2.50 bits per heavy atom. The molecule has 20 heavy (non-hydrogen) atoms. The van der Waals surface area contributed by atoms with Crippen molar-refractivity contribution in [3.8, 4) is 18.2 Å². The van der Waals surface area contributed by atoms with Crippen LogP contribution < -0.4 is 11.2 Å². The monoisotopic (exact) mass is 265 g/mol. The minimum Gasteiger partial charge on any atom is -0.383 e. The van der Waals surface area contributed by atoms with Gasteiger partial charge in [-0.15, -0.1) is 0 Å². The number of hydrazine groups is 1. The van der Waals surface area contributed by atoms with E-state index in [9.17, 15) is 4.79 Å². The molecule has 3 N–H and O–H groups in total. The van der Waals surface area contributed by atoms with Gasteiger partial charge in [-0.05, 0) is 12.1 Å². The van der Waals surface area contributed by atoms with Crippen molar-refractivity contribution in [2.75, 3.05) is 0 Å². The Morgan fingerprint density at radius 1 is 1.35 bits per heavy atom. The molecule has 1 amide bonds. The van der Waals surface area contributed by atoms with Crippen LogP contribution in [0.25, 0.3) is 0 Å². The zero-order valence-electron chi connectivity index (χ0n) is 10.0. The van der Waals surface area contributed by atoms with Gasteiger partial charge in [-0.3, -0.25) is 9.78 Å². The second kappa shape index (κ2) is 4.69.